The van der Waals surface area contributed by atoms with Crippen molar-refractivity contribution in [1.29, 1.82) is 0 Å². The Morgan fingerprint density at radius 1 is 0.821 bits per heavy atom. The smallest absolute Gasteiger partial charge is 0.234 e. The zero-order valence-corrected chi connectivity index (χ0v) is 17.2. The van der Waals surface area contributed by atoms with Gasteiger partial charge in [0.05, 0.1) is 5.75 Å². The van der Waals surface area contributed by atoms with Crippen LogP contribution in [-0.4, -0.2) is 16.8 Å². The molecule has 0 saturated heterocycles. The lowest BCUT2D eigenvalue weighted by atomic mass is 10.3. The van der Waals surface area contributed by atoms with Gasteiger partial charge in [0.15, 0.2) is 5.11 Å². The van der Waals surface area contributed by atoms with Crippen molar-refractivity contribution in [2.75, 3.05) is 21.7 Å². The molecule has 28 heavy (non-hydrogen) atoms. The van der Waals surface area contributed by atoms with E-state index in [9.17, 15) is 4.79 Å². The largest absolute Gasteiger partial charge is 0.332 e. The third-order valence-corrected chi connectivity index (χ3v) is 5.03. The molecule has 0 heterocycles. The second-order valence-electron chi connectivity index (χ2n) is 5.82. The molecular formula is C21H18ClN3OS2. The third-order valence-electron chi connectivity index (χ3n) is 3.60. The van der Waals surface area contributed by atoms with Crippen LogP contribution in [0.2, 0.25) is 5.02 Å². The molecule has 0 radical (unpaired) electrons. The number of para-hydroxylation sites is 1. The van der Waals surface area contributed by atoms with Gasteiger partial charge in [0.2, 0.25) is 5.91 Å². The van der Waals surface area contributed by atoms with Crippen LogP contribution >= 0.6 is 35.6 Å². The lowest BCUT2D eigenvalue weighted by Crippen LogP contribution is -2.19. The highest BCUT2D eigenvalue weighted by atomic mass is 35.5. The first-order valence-corrected chi connectivity index (χ1v) is 10.3. The Morgan fingerprint density at radius 3 is 2.21 bits per heavy atom. The van der Waals surface area contributed by atoms with E-state index in [1.54, 1.807) is 24.3 Å². The fourth-order valence-electron chi connectivity index (χ4n) is 2.39. The number of nitrogens with one attached hydrogen (secondary N) is 3. The highest BCUT2D eigenvalue weighted by molar-refractivity contribution is 8.00. The van der Waals surface area contributed by atoms with Crippen LogP contribution in [0.4, 0.5) is 17.1 Å². The number of halogens is 1. The van der Waals surface area contributed by atoms with E-state index in [4.69, 9.17) is 23.8 Å². The number of carbonyl (C=O) groups excluding carboxylic acids is 1. The summed E-state index contributed by atoms with van der Waals surface area (Å²) in [6, 6.07) is 24.6. The molecule has 4 nitrogen and oxygen atoms in total. The lowest BCUT2D eigenvalue weighted by Gasteiger charge is -2.11. The van der Waals surface area contributed by atoms with Crippen LogP contribution in [0.5, 0.6) is 0 Å². The first-order valence-electron chi connectivity index (χ1n) is 8.50. The fraction of sp³-hybridized carbons (Fsp3) is 0.0476. The molecule has 7 heteroatoms. The van der Waals surface area contributed by atoms with Crippen molar-refractivity contribution in [3.63, 3.8) is 0 Å². The molecule has 3 aromatic rings. The van der Waals surface area contributed by atoms with E-state index < -0.39 is 0 Å². The summed E-state index contributed by atoms with van der Waals surface area (Å²) in [5.74, 6) is 0.203. The Labute approximate surface area is 178 Å². The first kappa shape index (κ1) is 20.2. The number of thiocarbonyl (C=S) groups is 1. The summed E-state index contributed by atoms with van der Waals surface area (Å²) in [6.45, 7) is 0. The van der Waals surface area contributed by atoms with E-state index in [2.05, 4.69) is 16.0 Å². The molecule has 0 aliphatic heterocycles. The van der Waals surface area contributed by atoms with Crippen molar-refractivity contribution >= 4 is 63.7 Å². The van der Waals surface area contributed by atoms with Crippen LogP contribution in [0.1, 0.15) is 0 Å². The minimum absolute atomic E-state index is 0.0908. The number of carbonyl (C=O) groups is 1. The highest BCUT2D eigenvalue weighted by Gasteiger charge is 2.06. The number of thioether (sulfide) groups is 1. The van der Waals surface area contributed by atoms with Crippen molar-refractivity contribution in [1.82, 2.24) is 0 Å². The normalized spacial score (nSPS) is 10.2. The quantitative estimate of drug-likeness (QED) is 0.339. The number of anilines is 3. The Morgan fingerprint density at radius 2 is 1.46 bits per heavy atom. The molecule has 0 bridgehead atoms. The predicted molar refractivity (Wildman–Crippen MR) is 124 cm³/mol. The molecule has 0 unspecified atom stereocenters. The molecular weight excluding hydrogens is 410 g/mol. The monoisotopic (exact) mass is 427 g/mol. The summed E-state index contributed by atoms with van der Waals surface area (Å²) in [7, 11) is 0. The van der Waals surface area contributed by atoms with Gasteiger partial charge in [0.25, 0.3) is 0 Å². The fourth-order valence-corrected chi connectivity index (χ4v) is 3.57. The SMILES string of the molecule is O=C(CSc1cccc(NC(=S)Nc2ccccc2)c1)Nc1cccc(Cl)c1. The number of hydrogen-bond acceptors (Lipinski definition) is 3. The van der Waals surface area contributed by atoms with Gasteiger partial charge in [-0.3, -0.25) is 4.79 Å². The summed E-state index contributed by atoms with van der Waals surface area (Å²) >= 11 is 12.7. The first-order chi connectivity index (χ1) is 13.6. The zero-order valence-electron chi connectivity index (χ0n) is 14.8. The molecule has 3 aromatic carbocycles. The summed E-state index contributed by atoms with van der Waals surface area (Å²) < 4.78 is 0. The molecule has 0 fully saturated rings. The molecule has 0 spiro atoms. The van der Waals surface area contributed by atoms with Gasteiger partial charge >= 0.3 is 0 Å². The third kappa shape index (κ3) is 6.56. The molecule has 3 N–H and O–H groups in total. The number of benzene rings is 3. The Balaban J connectivity index is 1.51. The van der Waals surface area contributed by atoms with Crippen LogP contribution in [-0.2, 0) is 4.79 Å². The maximum Gasteiger partial charge on any atom is 0.234 e. The van der Waals surface area contributed by atoms with Gasteiger partial charge in [0, 0.05) is 27.0 Å². The summed E-state index contributed by atoms with van der Waals surface area (Å²) in [6.07, 6.45) is 0. The van der Waals surface area contributed by atoms with E-state index in [-0.39, 0.29) is 5.91 Å². The van der Waals surface area contributed by atoms with Crippen LogP contribution in [0.15, 0.2) is 83.8 Å². The standard InChI is InChI=1S/C21H18ClN3OS2/c22-15-6-4-9-17(12-15)23-20(26)14-28-19-11-5-10-18(13-19)25-21(27)24-16-7-2-1-3-8-16/h1-13H,14H2,(H,23,26)(H2,24,25,27). The van der Waals surface area contributed by atoms with Gasteiger partial charge < -0.3 is 16.0 Å². The molecule has 142 valence electrons. The minimum atomic E-state index is -0.0908. The second-order valence-corrected chi connectivity index (χ2v) is 7.71. The van der Waals surface area contributed by atoms with Crippen LogP contribution in [0.25, 0.3) is 0 Å². The molecule has 0 atom stereocenters. The summed E-state index contributed by atoms with van der Waals surface area (Å²) in [5.41, 5.74) is 2.46. The van der Waals surface area contributed by atoms with E-state index >= 15 is 0 Å². The maximum atomic E-state index is 12.1. The molecule has 0 saturated carbocycles. The van der Waals surface area contributed by atoms with Crippen molar-refractivity contribution < 1.29 is 4.79 Å². The topological polar surface area (TPSA) is 53.2 Å². The van der Waals surface area contributed by atoms with Crippen molar-refractivity contribution in [3.05, 3.63) is 83.9 Å². The Bertz CT molecular complexity index is 967. The second kappa shape index (κ2) is 10.1. The van der Waals surface area contributed by atoms with Gasteiger partial charge in [-0.1, -0.05) is 41.9 Å². The number of amides is 1. The van der Waals surface area contributed by atoms with Gasteiger partial charge in [-0.05, 0) is 60.7 Å². The van der Waals surface area contributed by atoms with Crippen molar-refractivity contribution in [2.45, 2.75) is 4.90 Å². The van der Waals surface area contributed by atoms with Crippen molar-refractivity contribution in [2.24, 2.45) is 0 Å². The average molecular weight is 428 g/mol. The van der Waals surface area contributed by atoms with Crippen molar-refractivity contribution in [3.8, 4) is 0 Å². The molecule has 0 aromatic heterocycles. The van der Waals surface area contributed by atoms with Gasteiger partial charge in [-0.25, -0.2) is 0 Å². The van der Waals surface area contributed by atoms with E-state index in [1.807, 2.05) is 54.6 Å². The Hall–Kier alpha value is -2.54. The minimum Gasteiger partial charge on any atom is -0.332 e. The molecule has 1 amide bonds. The molecule has 0 aliphatic carbocycles. The predicted octanol–water partition coefficient (Wildman–Crippen LogP) is 5.88. The highest BCUT2D eigenvalue weighted by Crippen LogP contribution is 2.22. The van der Waals surface area contributed by atoms with Gasteiger partial charge in [-0.15, -0.1) is 11.8 Å². The van der Waals surface area contributed by atoms with E-state index in [0.717, 1.165) is 16.3 Å². The van der Waals surface area contributed by atoms with Crippen LogP contribution in [0, 0.1) is 0 Å². The number of rotatable bonds is 6. The molecule has 0 aliphatic rings. The average Bonchev–Trinajstić information content (AvgIpc) is 2.67. The zero-order chi connectivity index (χ0) is 19.8. The summed E-state index contributed by atoms with van der Waals surface area (Å²) in [5, 5.41) is 10.2. The van der Waals surface area contributed by atoms with Gasteiger partial charge in [0.1, 0.15) is 0 Å². The van der Waals surface area contributed by atoms with Crippen LogP contribution in [0.3, 0.4) is 0 Å². The van der Waals surface area contributed by atoms with E-state index in [1.165, 1.54) is 11.8 Å². The number of hydrogen-bond donors (Lipinski definition) is 3. The lowest BCUT2D eigenvalue weighted by molar-refractivity contribution is -0.113. The maximum absolute atomic E-state index is 12.1. The Kier molecular flexibility index (Phi) is 7.31. The van der Waals surface area contributed by atoms with Crippen LogP contribution < -0.4 is 16.0 Å². The summed E-state index contributed by atoms with van der Waals surface area (Å²) in [4.78, 5) is 13.1. The molecule has 3 rings (SSSR count). The van der Waals surface area contributed by atoms with E-state index in [0.29, 0.717) is 21.6 Å². The van der Waals surface area contributed by atoms with Gasteiger partial charge in [-0.2, -0.15) is 0 Å².